The Bertz CT molecular complexity index is 1220. The first-order chi connectivity index (χ1) is 15.0. The Labute approximate surface area is 181 Å². The van der Waals surface area contributed by atoms with Crippen LogP contribution in [0.2, 0.25) is 0 Å². The van der Waals surface area contributed by atoms with E-state index >= 15 is 0 Å². The number of hydrogen-bond donors (Lipinski definition) is 1. The van der Waals surface area contributed by atoms with Crippen molar-refractivity contribution < 1.29 is 9.53 Å². The molecule has 1 aliphatic rings. The fraction of sp³-hybridized carbons (Fsp3) is 0.250. The number of carbonyl (C=O) groups is 1. The van der Waals surface area contributed by atoms with E-state index in [2.05, 4.69) is 28.0 Å². The summed E-state index contributed by atoms with van der Waals surface area (Å²) in [7, 11) is 0. The molecule has 7 heteroatoms. The second kappa shape index (κ2) is 8.44. The number of benzene rings is 1. The normalized spacial score (nSPS) is 12.2. The molecule has 7 nitrogen and oxygen atoms in total. The van der Waals surface area contributed by atoms with Crippen molar-refractivity contribution in [1.29, 1.82) is 5.26 Å². The summed E-state index contributed by atoms with van der Waals surface area (Å²) in [5.74, 6) is 0.447. The molecule has 0 saturated carbocycles. The number of carbonyl (C=O) groups excluding carboxylic acids is 1. The van der Waals surface area contributed by atoms with Crippen molar-refractivity contribution in [3.63, 3.8) is 0 Å². The molecule has 0 amide bonds. The van der Waals surface area contributed by atoms with Crippen molar-refractivity contribution in [3.8, 4) is 11.9 Å². The van der Waals surface area contributed by atoms with Crippen molar-refractivity contribution in [2.24, 2.45) is 0 Å². The van der Waals surface area contributed by atoms with Crippen LogP contribution in [0.1, 0.15) is 43.7 Å². The van der Waals surface area contributed by atoms with Gasteiger partial charge in [0.15, 0.2) is 5.82 Å². The molecular formula is C24H23N5O2. The highest BCUT2D eigenvalue weighted by Crippen LogP contribution is 2.26. The van der Waals surface area contributed by atoms with Gasteiger partial charge in [0, 0.05) is 36.6 Å². The molecule has 1 aliphatic heterocycles. The molecule has 1 aromatic carbocycles. The van der Waals surface area contributed by atoms with E-state index in [0.717, 1.165) is 46.5 Å². The van der Waals surface area contributed by atoms with E-state index in [0.29, 0.717) is 30.0 Å². The number of nitrogens with zero attached hydrogens (tertiary/aromatic N) is 4. The van der Waals surface area contributed by atoms with E-state index in [1.807, 2.05) is 44.4 Å². The molecule has 3 heterocycles. The first-order valence-corrected chi connectivity index (χ1v) is 10.1. The predicted octanol–water partition coefficient (Wildman–Crippen LogP) is 3.31. The number of ether oxygens (including phenoxy) is 1. The van der Waals surface area contributed by atoms with E-state index < -0.39 is 0 Å². The second-order valence-corrected chi connectivity index (χ2v) is 7.67. The van der Waals surface area contributed by atoms with Crippen LogP contribution in [0.3, 0.4) is 0 Å². The summed E-state index contributed by atoms with van der Waals surface area (Å²) in [6.07, 6.45) is 6.82. The topological polar surface area (TPSA) is 92.8 Å². The SMILES string of the molecule is C=C(Cc1ccc2c(c1C)COC2=O)NCCc1cnn(-c2cc(C)c(C#N)cn2)c1. The third-order valence-corrected chi connectivity index (χ3v) is 5.56. The maximum absolute atomic E-state index is 11.7. The predicted molar refractivity (Wildman–Crippen MR) is 116 cm³/mol. The molecule has 0 radical (unpaired) electrons. The molecule has 0 aliphatic carbocycles. The number of rotatable bonds is 7. The first kappa shape index (κ1) is 20.4. The van der Waals surface area contributed by atoms with Crippen LogP contribution in [-0.2, 0) is 24.2 Å². The van der Waals surface area contributed by atoms with Crippen LogP contribution >= 0.6 is 0 Å². The van der Waals surface area contributed by atoms with Crippen LogP contribution < -0.4 is 5.32 Å². The summed E-state index contributed by atoms with van der Waals surface area (Å²) in [5, 5.41) is 16.8. The summed E-state index contributed by atoms with van der Waals surface area (Å²) in [6, 6.07) is 7.79. The fourth-order valence-electron chi connectivity index (χ4n) is 3.66. The molecule has 0 atom stereocenters. The molecule has 0 bridgehead atoms. The van der Waals surface area contributed by atoms with Gasteiger partial charge in [0.1, 0.15) is 12.7 Å². The average molecular weight is 413 g/mol. The quantitative estimate of drug-likeness (QED) is 0.598. The zero-order valence-electron chi connectivity index (χ0n) is 17.6. The minimum atomic E-state index is -0.242. The second-order valence-electron chi connectivity index (χ2n) is 7.67. The largest absolute Gasteiger partial charge is 0.457 e. The van der Waals surface area contributed by atoms with Gasteiger partial charge in [-0.3, -0.25) is 0 Å². The van der Waals surface area contributed by atoms with E-state index in [1.165, 1.54) is 0 Å². The van der Waals surface area contributed by atoms with Gasteiger partial charge < -0.3 is 10.1 Å². The third-order valence-electron chi connectivity index (χ3n) is 5.56. The van der Waals surface area contributed by atoms with Gasteiger partial charge in [-0.2, -0.15) is 10.4 Å². The van der Waals surface area contributed by atoms with Gasteiger partial charge in [-0.05, 0) is 54.7 Å². The number of hydrogen-bond acceptors (Lipinski definition) is 6. The van der Waals surface area contributed by atoms with Gasteiger partial charge in [0.05, 0.1) is 17.3 Å². The van der Waals surface area contributed by atoms with Crippen LogP contribution in [0.25, 0.3) is 5.82 Å². The number of nitrogens with one attached hydrogen (secondary N) is 1. The van der Waals surface area contributed by atoms with Gasteiger partial charge in [-0.1, -0.05) is 12.6 Å². The lowest BCUT2D eigenvalue weighted by atomic mass is 9.96. The van der Waals surface area contributed by atoms with Crippen molar-refractivity contribution in [2.75, 3.05) is 6.54 Å². The van der Waals surface area contributed by atoms with Gasteiger partial charge in [-0.15, -0.1) is 0 Å². The summed E-state index contributed by atoms with van der Waals surface area (Å²) in [4.78, 5) is 16.0. The molecule has 0 fully saturated rings. The molecular weight excluding hydrogens is 390 g/mol. The lowest BCUT2D eigenvalue weighted by Crippen LogP contribution is -2.17. The Balaban J connectivity index is 1.32. The number of esters is 1. The van der Waals surface area contributed by atoms with Crippen LogP contribution in [0, 0.1) is 25.2 Å². The van der Waals surface area contributed by atoms with E-state index in [4.69, 9.17) is 10.00 Å². The molecule has 2 aromatic heterocycles. The third kappa shape index (κ3) is 4.19. The Kier molecular flexibility index (Phi) is 5.54. The summed E-state index contributed by atoms with van der Waals surface area (Å²) in [6.45, 7) is 9.14. The average Bonchev–Trinajstić information content (AvgIpc) is 3.37. The Morgan fingerprint density at radius 1 is 1.35 bits per heavy atom. The summed E-state index contributed by atoms with van der Waals surface area (Å²) >= 11 is 0. The van der Waals surface area contributed by atoms with Crippen LogP contribution in [0.4, 0.5) is 0 Å². The number of fused-ring (bicyclic) bond motifs is 1. The van der Waals surface area contributed by atoms with Gasteiger partial charge >= 0.3 is 5.97 Å². The first-order valence-electron chi connectivity index (χ1n) is 10.1. The maximum Gasteiger partial charge on any atom is 0.338 e. The number of allylic oxidation sites excluding steroid dienone is 1. The molecule has 0 unspecified atom stereocenters. The van der Waals surface area contributed by atoms with E-state index in [-0.39, 0.29) is 5.97 Å². The van der Waals surface area contributed by atoms with Crippen molar-refractivity contribution >= 4 is 5.97 Å². The van der Waals surface area contributed by atoms with E-state index in [1.54, 1.807) is 10.9 Å². The van der Waals surface area contributed by atoms with Gasteiger partial charge in [-0.25, -0.2) is 14.5 Å². The minimum Gasteiger partial charge on any atom is -0.457 e. The lowest BCUT2D eigenvalue weighted by Gasteiger charge is -2.13. The van der Waals surface area contributed by atoms with E-state index in [9.17, 15) is 4.79 Å². The number of nitriles is 1. The van der Waals surface area contributed by atoms with Crippen LogP contribution in [-0.4, -0.2) is 27.3 Å². The highest BCUT2D eigenvalue weighted by atomic mass is 16.5. The summed E-state index contributed by atoms with van der Waals surface area (Å²) < 4.78 is 6.84. The summed E-state index contributed by atoms with van der Waals surface area (Å²) in [5.41, 5.74) is 7.33. The molecule has 3 aromatic rings. The zero-order valence-corrected chi connectivity index (χ0v) is 17.6. The van der Waals surface area contributed by atoms with Crippen LogP contribution in [0.5, 0.6) is 0 Å². The highest BCUT2D eigenvalue weighted by molar-refractivity contribution is 5.93. The Hall–Kier alpha value is -3.92. The number of aryl methyl sites for hydroxylation is 1. The molecule has 0 spiro atoms. The fourth-order valence-corrected chi connectivity index (χ4v) is 3.66. The molecule has 0 saturated heterocycles. The monoisotopic (exact) mass is 413 g/mol. The zero-order chi connectivity index (χ0) is 22.0. The van der Waals surface area contributed by atoms with Gasteiger partial charge in [0.25, 0.3) is 0 Å². The van der Waals surface area contributed by atoms with Crippen molar-refractivity contribution in [3.05, 3.63) is 88.0 Å². The highest BCUT2D eigenvalue weighted by Gasteiger charge is 2.23. The standard InChI is InChI=1S/C24H23N5O2/c1-15-8-23(27-12-20(15)10-25)29-13-18(11-28-29)6-7-26-16(2)9-19-4-5-21-22(17(19)3)14-31-24(21)30/h4-5,8,11-13,26H,2,6-7,9,14H2,1,3H3. The lowest BCUT2D eigenvalue weighted by molar-refractivity contribution is 0.0535. The molecule has 156 valence electrons. The van der Waals surface area contributed by atoms with Crippen molar-refractivity contribution in [1.82, 2.24) is 20.1 Å². The molecule has 31 heavy (non-hydrogen) atoms. The maximum atomic E-state index is 11.7. The number of pyridine rings is 1. The Morgan fingerprint density at radius 3 is 2.97 bits per heavy atom. The minimum absolute atomic E-state index is 0.242. The molecule has 4 rings (SSSR count). The van der Waals surface area contributed by atoms with Gasteiger partial charge in [0.2, 0.25) is 0 Å². The number of aromatic nitrogens is 3. The smallest absolute Gasteiger partial charge is 0.338 e. The Morgan fingerprint density at radius 2 is 2.19 bits per heavy atom. The number of cyclic esters (lactones) is 1. The van der Waals surface area contributed by atoms with Crippen LogP contribution in [0.15, 0.2) is 49.1 Å². The van der Waals surface area contributed by atoms with Crippen molar-refractivity contribution in [2.45, 2.75) is 33.3 Å². The molecule has 1 N–H and O–H groups in total.